The minimum Gasteiger partial charge on any atom is -0.309 e. The van der Waals surface area contributed by atoms with Gasteiger partial charge >= 0.3 is 0 Å². The quantitative estimate of drug-likeness (QED) is 0.0954. The van der Waals surface area contributed by atoms with E-state index in [-0.39, 0.29) is 15.8 Å². The van der Waals surface area contributed by atoms with E-state index in [2.05, 4.69) is 329 Å². The van der Waals surface area contributed by atoms with Gasteiger partial charge in [-0.2, -0.15) is 0 Å². The standard InChI is InChI=1S/C41H33NSi.C22H17N.C10H20.CH4.B/c1-32-39(33-20-8-2-9-21-33)42(35-24-12-4-13-25-35)40(34-22-10-3-11-23-34)41(32)43(36-26-14-5-15-27-36,37-28-16-6-17-29-37)38-30-18-7-19-31-38;1-4-10-18(11-5-1)21-16-17-22(19-12-6-2-7-13-19)23(21)20-14-8-3-9-15-20;1-9(2)6-5-7-10(3,4)8-9;;/h2-31H,1H3;1-17H;5-8H2,1-4H3;1H4;. The Morgan fingerprint density at radius 1 is 0.333 bits per heavy atom. The van der Waals surface area contributed by atoms with Gasteiger partial charge in [-0.1, -0.05) is 290 Å². The van der Waals surface area contributed by atoms with Crippen molar-refractivity contribution in [1.29, 1.82) is 0 Å². The monoisotopic (exact) mass is 1030 g/mol. The van der Waals surface area contributed by atoms with Crippen LogP contribution in [-0.2, 0) is 0 Å². The first kappa shape index (κ1) is 56.0. The molecule has 2 nitrogen and oxygen atoms in total. The van der Waals surface area contributed by atoms with Gasteiger partial charge in [0.25, 0.3) is 0 Å². The minimum atomic E-state index is -2.87. The molecule has 0 N–H and O–H groups in total. The lowest BCUT2D eigenvalue weighted by Crippen LogP contribution is -2.75. The second-order valence-corrected chi connectivity index (χ2v) is 25.5. The molecule has 1 aliphatic rings. The molecule has 78 heavy (non-hydrogen) atoms. The molecule has 0 spiro atoms. The molecule has 1 fully saturated rings. The average molecular weight is 1030 g/mol. The van der Waals surface area contributed by atoms with E-state index in [0.717, 1.165) is 5.69 Å². The van der Waals surface area contributed by atoms with Gasteiger partial charge in [0, 0.05) is 19.8 Å². The Morgan fingerprint density at radius 3 is 0.936 bits per heavy atom. The van der Waals surface area contributed by atoms with Gasteiger partial charge in [0.1, 0.15) is 0 Å². The Labute approximate surface area is 469 Å². The molecule has 1 aliphatic carbocycles. The van der Waals surface area contributed by atoms with Gasteiger partial charge in [0.2, 0.25) is 0 Å². The highest BCUT2D eigenvalue weighted by Crippen LogP contribution is 2.45. The van der Waals surface area contributed by atoms with Crippen molar-refractivity contribution >= 4 is 37.2 Å². The average Bonchev–Trinajstić information content (AvgIpc) is 4.07. The van der Waals surface area contributed by atoms with E-state index in [0.29, 0.717) is 10.8 Å². The zero-order chi connectivity index (χ0) is 52.4. The lowest BCUT2D eigenvalue weighted by atomic mass is 9.65. The van der Waals surface area contributed by atoms with Crippen LogP contribution < -0.4 is 20.7 Å². The molecule has 0 unspecified atom stereocenters. The first-order valence-corrected chi connectivity index (χ1v) is 29.1. The van der Waals surface area contributed by atoms with Crippen LogP contribution in [0.1, 0.15) is 66.4 Å². The van der Waals surface area contributed by atoms with Crippen LogP contribution in [0.2, 0.25) is 0 Å². The van der Waals surface area contributed by atoms with E-state index in [4.69, 9.17) is 0 Å². The number of hydrogen-bond acceptors (Lipinski definition) is 0. The fourth-order valence-corrected chi connectivity index (χ4v) is 17.5. The third kappa shape index (κ3) is 12.0. The van der Waals surface area contributed by atoms with Crippen LogP contribution in [0.3, 0.4) is 0 Å². The topological polar surface area (TPSA) is 9.86 Å². The summed E-state index contributed by atoms with van der Waals surface area (Å²) in [6.45, 7) is 11.9. The SMILES string of the molecule is C.CC1(C)CCCC(C)(C)C1.Cc1c([Si](c2ccccc2)(c2ccccc2)c2ccccc2)c(-c2ccccc2)n(-c2ccccc2)c1-c1ccccc1.[B].c1ccc(-c2ccc(-c3ccccc3)n2-c2ccccc2)cc1. The zero-order valence-electron chi connectivity index (χ0n) is 45.4. The molecular weight excluding hydrogens is 956 g/mol. The summed E-state index contributed by atoms with van der Waals surface area (Å²) in [6, 6.07) is 102. The number of para-hydroxylation sites is 2. The molecular formula is C74H74BN2Si. The van der Waals surface area contributed by atoms with Crippen molar-refractivity contribution in [3.8, 4) is 56.4 Å². The zero-order valence-corrected chi connectivity index (χ0v) is 46.4. The summed E-state index contributed by atoms with van der Waals surface area (Å²) in [5.41, 5.74) is 14.6. The Hall–Kier alpha value is -8.18. The fraction of sp³-hybridized carbons (Fsp3) is 0.162. The number of nitrogens with zero attached hydrogens (tertiary/aromatic N) is 2. The summed E-state index contributed by atoms with van der Waals surface area (Å²) >= 11 is 0. The molecule has 387 valence electrons. The Kier molecular flexibility index (Phi) is 18.2. The molecule has 2 heterocycles. The summed E-state index contributed by atoms with van der Waals surface area (Å²) in [7, 11) is -2.87. The number of rotatable bonds is 10. The maximum Gasteiger partial charge on any atom is 0.182 e. The van der Waals surface area contributed by atoms with Crippen molar-refractivity contribution in [3.63, 3.8) is 0 Å². The summed E-state index contributed by atoms with van der Waals surface area (Å²) in [5.74, 6) is 0. The van der Waals surface area contributed by atoms with Crippen LogP contribution in [0.4, 0.5) is 0 Å². The predicted molar refractivity (Wildman–Crippen MR) is 340 cm³/mol. The molecule has 12 rings (SSSR count). The summed E-state index contributed by atoms with van der Waals surface area (Å²) < 4.78 is 4.84. The minimum absolute atomic E-state index is 0. The summed E-state index contributed by atoms with van der Waals surface area (Å²) in [5, 5.41) is 5.54. The number of hydrogen-bond donors (Lipinski definition) is 0. The molecule has 11 aromatic rings. The molecule has 1 saturated carbocycles. The normalized spacial score (nSPS) is 13.2. The van der Waals surface area contributed by atoms with Gasteiger partial charge in [-0.25, -0.2) is 0 Å². The van der Waals surface area contributed by atoms with Gasteiger partial charge < -0.3 is 9.13 Å². The highest BCUT2D eigenvalue weighted by Gasteiger charge is 2.46. The van der Waals surface area contributed by atoms with Crippen molar-refractivity contribution in [2.45, 2.75) is 67.7 Å². The first-order chi connectivity index (χ1) is 37.1. The Balaban J connectivity index is 0.000000191. The van der Waals surface area contributed by atoms with Crippen molar-refractivity contribution in [2.24, 2.45) is 10.8 Å². The highest BCUT2D eigenvalue weighted by atomic mass is 28.3. The van der Waals surface area contributed by atoms with Gasteiger partial charge in [-0.3, -0.25) is 0 Å². The van der Waals surface area contributed by atoms with E-state index in [1.807, 2.05) is 0 Å². The third-order valence-corrected chi connectivity index (χ3v) is 20.2. The van der Waals surface area contributed by atoms with Crippen LogP contribution >= 0.6 is 0 Å². The van der Waals surface area contributed by atoms with Crippen molar-refractivity contribution in [1.82, 2.24) is 9.13 Å². The second-order valence-electron chi connectivity index (χ2n) is 21.8. The van der Waals surface area contributed by atoms with Gasteiger partial charge in [0.05, 0.1) is 22.8 Å². The van der Waals surface area contributed by atoms with Gasteiger partial charge in [0.15, 0.2) is 8.07 Å². The predicted octanol–water partition coefficient (Wildman–Crippen LogP) is 17.2. The maximum atomic E-state index is 2.52. The summed E-state index contributed by atoms with van der Waals surface area (Å²) in [6.07, 6.45) is 5.69. The largest absolute Gasteiger partial charge is 0.309 e. The molecule has 0 saturated heterocycles. The van der Waals surface area contributed by atoms with E-state index in [9.17, 15) is 0 Å². The third-order valence-electron chi connectivity index (χ3n) is 15.2. The summed E-state index contributed by atoms with van der Waals surface area (Å²) in [4.78, 5) is 0. The van der Waals surface area contributed by atoms with E-state index in [1.165, 1.54) is 103 Å². The molecule has 9 aromatic carbocycles. The molecule has 0 amide bonds. The van der Waals surface area contributed by atoms with Crippen LogP contribution in [0.25, 0.3) is 56.4 Å². The van der Waals surface area contributed by atoms with Gasteiger partial charge in [-0.15, -0.1) is 0 Å². The van der Waals surface area contributed by atoms with Crippen molar-refractivity contribution in [3.05, 3.63) is 291 Å². The van der Waals surface area contributed by atoms with Gasteiger partial charge in [-0.05, 0) is 122 Å². The molecule has 2 aromatic heterocycles. The molecule has 0 aliphatic heterocycles. The van der Waals surface area contributed by atoms with Crippen LogP contribution in [-0.4, -0.2) is 25.6 Å². The number of aromatic nitrogens is 2. The second kappa shape index (κ2) is 25.3. The lowest BCUT2D eigenvalue weighted by Gasteiger charge is -2.40. The van der Waals surface area contributed by atoms with Crippen LogP contribution in [0.5, 0.6) is 0 Å². The molecule has 0 atom stereocenters. The lowest BCUT2D eigenvalue weighted by molar-refractivity contribution is 0.116. The molecule has 3 radical (unpaired) electrons. The van der Waals surface area contributed by atoms with E-state index < -0.39 is 8.07 Å². The smallest absolute Gasteiger partial charge is 0.182 e. The Bertz CT molecular complexity index is 3370. The van der Waals surface area contributed by atoms with E-state index >= 15 is 0 Å². The molecule has 4 heteroatoms. The fourth-order valence-electron chi connectivity index (χ4n) is 12.3. The Morgan fingerprint density at radius 2 is 0.615 bits per heavy atom. The van der Waals surface area contributed by atoms with E-state index in [1.54, 1.807) is 0 Å². The van der Waals surface area contributed by atoms with Crippen LogP contribution in [0.15, 0.2) is 285 Å². The van der Waals surface area contributed by atoms with Crippen molar-refractivity contribution in [2.75, 3.05) is 0 Å². The maximum absolute atomic E-state index is 2.87. The first-order valence-electron chi connectivity index (χ1n) is 27.1. The van der Waals surface area contributed by atoms with Crippen molar-refractivity contribution < 1.29 is 0 Å². The molecule has 0 bridgehead atoms. The highest BCUT2D eigenvalue weighted by molar-refractivity contribution is 7.20. The van der Waals surface area contributed by atoms with Crippen LogP contribution in [0, 0.1) is 17.8 Å². The number of benzene rings is 9.